The highest BCUT2D eigenvalue weighted by Crippen LogP contribution is 2.29. The van der Waals surface area contributed by atoms with Crippen molar-refractivity contribution in [3.05, 3.63) is 126 Å². The Hall–Kier alpha value is -5.68. The van der Waals surface area contributed by atoms with E-state index in [-0.39, 0.29) is 29.8 Å². The van der Waals surface area contributed by atoms with E-state index in [2.05, 4.69) is 21.1 Å². The maximum atomic E-state index is 13.6. The zero-order chi connectivity index (χ0) is 33.9. The summed E-state index contributed by atoms with van der Waals surface area (Å²) in [5.74, 6) is -0.619. The molecular formula is C37H35N5O5S. The first-order valence-electron chi connectivity index (χ1n) is 15.5. The predicted molar refractivity (Wildman–Crippen MR) is 189 cm³/mol. The van der Waals surface area contributed by atoms with Crippen molar-refractivity contribution in [3.8, 4) is 5.75 Å². The number of hydrogen-bond donors (Lipinski definition) is 3. The Morgan fingerprint density at radius 1 is 0.896 bits per heavy atom. The van der Waals surface area contributed by atoms with Gasteiger partial charge in [-0.05, 0) is 68.0 Å². The van der Waals surface area contributed by atoms with Crippen LogP contribution in [0.1, 0.15) is 42.6 Å². The van der Waals surface area contributed by atoms with E-state index in [0.29, 0.717) is 41.3 Å². The molecular weight excluding hydrogens is 627 g/mol. The Morgan fingerprint density at radius 3 is 2.33 bits per heavy atom. The normalized spacial score (nSPS) is 13.4. The fourth-order valence-corrected chi connectivity index (χ4v) is 5.82. The minimum Gasteiger partial charge on any atom is -0.493 e. The number of para-hydroxylation sites is 2. The van der Waals surface area contributed by atoms with Crippen molar-refractivity contribution in [2.75, 3.05) is 16.9 Å². The molecule has 0 fully saturated rings. The van der Waals surface area contributed by atoms with Crippen molar-refractivity contribution >= 4 is 58.7 Å². The van der Waals surface area contributed by atoms with Crippen molar-refractivity contribution in [2.24, 2.45) is 5.10 Å². The van der Waals surface area contributed by atoms with Crippen molar-refractivity contribution in [1.29, 1.82) is 0 Å². The fourth-order valence-electron chi connectivity index (χ4n) is 4.81. The van der Waals surface area contributed by atoms with E-state index in [0.717, 1.165) is 4.90 Å². The number of thioether (sulfide) groups is 1. The van der Waals surface area contributed by atoms with Gasteiger partial charge in [-0.15, -0.1) is 11.8 Å². The smallest absolute Gasteiger partial charge is 0.272 e. The van der Waals surface area contributed by atoms with E-state index < -0.39 is 17.1 Å². The number of carbonyl (C=O) groups excluding carboxylic acids is 4. The zero-order valence-electron chi connectivity index (χ0n) is 26.5. The number of anilines is 2. The molecule has 11 heteroatoms. The molecule has 0 radical (unpaired) electrons. The van der Waals surface area contributed by atoms with E-state index in [1.807, 2.05) is 50.2 Å². The average molecular weight is 662 g/mol. The van der Waals surface area contributed by atoms with Crippen LogP contribution in [0.4, 0.5) is 11.4 Å². The van der Waals surface area contributed by atoms with Crippen LogP contribution >= 0.6 is 11.8 Å². The summed E-state index contributed by atoms with van der Waals surface area (Å²) in [7, 11) is 0. The standard InChI is InChI=1S/C37H35N5O5S/c1-3-32(37(46)40-33-24-34(43)42(41-33)28-18-9-6-10-19-28)48-29-20-13-17-27(23-29)38-36(45)30(39-35(44)25-14-7-5-8-15-25)22-26-16-11-12-21-31(26)47-4-2/h5-23,32H,3-4,24H2,1-2H3,(H,38,45)(H,39,44)(H,40,41,46)/b30-22+. The summed E-state index contributed by atoms with van der Waals surface area (Å²) in [5.41, 5.74) is 2.15. The molecule has 1 unspecified atom stereocenters. The lowest BCUT2D eigenvalue weighted by molar-refractivity contribution is -0.119. The van der Waals surface area contributed by atoms with Gasteiger partial charge in [0.2, 0.25) is 5.91 Å². The minimum atomic E-state index is -0.538. The van der Waals surface area contributed by atoms with Crippen LogP contribution in [0.3, 0.4) is 0 Å². The number of nitrogens with zero attached hydrogens (tertiary/aromatic N) is 2. The highest BCUT2D eigenvalue weighted by molar-refractivity contribution is 8.00. The quantitative estimate of drug-likeness (QED) is 0.122. The average Bonchev–Trinajstić information content (AvgIpc) is 3.47. The van der Waals surface area contributed by atoms with E-state index in [1.165, 1.54) is 16.8 Å². The van der Waals surface area contributed by atoms with Crippen LogP contribution in [0.25, 0.3) is 6.08 Å². The Balaban J connectivity index is 1.30. The second-order valence-corrected chi connectivity index (χ2v) is 11.9. The van der Waals surface area contributed by atoms with Crippen LogP contribution in [0.15, 0.2) is 125 Å². The third kappa shape index (κ3) is 8.77. The van der Waals surface area contributed by atoms with Gasteiger partial charge in [0.1, 0.15) is 17.3 Å². The molecule has 48 heavy (non-hydrogen) atoms. The number of carbonyl (C=O) groups is 4. The van der Waals surface area contributed by atoms with E-state index in [9.17, 15) is 19.2 Å². The molecule has 1 aliphatic heterocycles. The molecule has 0 spiro atoms. The van der Waals surface area contributed by atoms with Gasteiger partial charge in [-0.25, -0.2) is 0 Å². The second kappa shape index (κ2) is 16.2. The van der Waals surface area contributed by atoms with E-state index in [1.54, 1.807) is 78.9 Å². The van der Waals surface area contributed by atoms with Crippen LogP contribution in [0.2, 0.25) is 0 Å². The maximum Gasteiger partial charge on any atom is 0.272 e. The van der Waals surface area contributed by atoms with Crippen molar-refractivity contribution < 1.29 is 23.9 Å². The highest BCUT2D eigenvalue weighted by atomic mass is 32.2. The number of benzene rings is 4. The number of rotatable bonds is 12. The van der Waals surface area contributed by atoms with Gasteiger partial charge in [-0.2, -0.15) is 10.1 Å². The first-order valence-corrected chi connectivity index (χ1v) is 16.4. The van der Waals surface area contributed by atoms with Crippen LogP contribution < -0.4 is 25.7 Å². The molecule has 0 saturated heterocycles. The Morgan fingerprint density at radius 2 is 1.60 bits per heavy atom. The molecule has 1 heterocycles. The van der Waals surface area contributed by atoms with Crippen molar-refractivity contribution in [2.45, 2.75) is 36.8 Å². The summed E-state index contributed by atoms with van der Waals surface area (Å²) in [6.07, 6.45) is 2.08. The van der Waals surface area contributed by atoms with Gasteiger partial charge in [-0.1, -0.05) is 67.6 Å². The molecule has 1 atom stereocenters. The number of nitrogens with one attached hydrogen (secondary N) is 3. The molecule has 0 bridgehead atoms. The zero-order valence-corrected chi connectivity index (χ0v) is 27.3. The van der Waals surface area contributed by atoms with Gasteiger partial charge in [0.15, 0.2) is 0 Å². The molecule has 1 aliphatic rings. The first kappa shape index (κ1) is 33.7. The minimum absolute atomic E-state index is 0.00500. The molecule has 4 amide bonds. The lowest BCUT2D eigenvalue weighted by Gasteiger charge is -2.16. The molecule has 244 valence electrons. The van der Waals surface area contributed by atoms with E-state index >= 15 is 0 Å². The van der Waals surface area contributed by atoms with Gasteiger partial charge in [0, 0.05) is 21.7 Å². The van der Waals surface area contributed by atoms with Gasteiger partial charge >= 0.3 is 0 Å². The fraction of sp³-hybridized carbons (Fsp3) is 0.162. The second-order valence-electron chi connectivity index (χ2n) is 10.6. The number of ether oxygens (including phenoxy) is 1. The van der Waals surface area contributed by atoms with Crippen molar-refractivity contribution in [1.82, 2.24) is 10.6 Å². The lowest BCUT2D eigenvalue weighted by atomic mass is 10.1. The van der Waals surface area contributed by atoms with Gasteiger partial charge in [-0.3, -0.25) is 19.2 Å². The maximum absolute atomic E-state index is 13.6. The molecule has 4 aromatic carbocycles. The molecule has 5 rings (SSSR count). The Labute approximate surface area is 283 Å². The van der Waals surface area contributed by atoms with Crippen LogP contribution in [0.5, 0.6) is 5.75 Å². The summed E-state index contributed by atoms with van der Waals surface area (Å²) < 4.78 is 5.73. The topological polar surface area (TPSA) is 129 Å². The van der Waals surface area contributed by atoms with Crippen LogP contribution in [0, 0.1) is 0 Å². The number of hydrogen-bond acceptors (Lipinski definition) is 7. The predicted octanol–water partition coefficient (Wildman–Crippen LogP) is 6.23. The van der Waals surface area contributed by atoms with Crippen LogP contribution in [-0.2, 0) is 14.4 Å². The third-order valence-electron chi connectivity index (χ3n) is 7.12. The molecule has 4 aromatic rings. The highest BCUT2D eigenvalue weighted by Gasteiger charge is 2.28. The Kier molecular flexibility index (Phi) is 11.4. The summed E-state index contributed by atoms with van der Waals surface area (Å²) >= 11 is 1.33. The van der Waals surface area contributed by atoms with Gasteiger partial charge in [0.05, 0.1) is 24.0 Å². The first-order chi connectivity index (χ1) is 23.3. The number of amidine groups is 1. The monoisotopic (exact) mass is 661 g/mol. The molecule has 3 N–H and O–H groups in total. The largest absolute Gasteiger partial charge is 0.493 e. The van der Waals surface area contributed by atoms with E-state index in [4.69, 9.17) is 4.74 Å². The molecule has 10 nitrogen and oxygen atoms in total. The molecule has 0 saturated carbocycles. The summed E-state index contributed by atoms with van der Waals surface area (Å²) in [6.45, 7) is 4.20. The molecule has 0 aromatic heterocycles. The number of amides is 4. The third-order valence-corrected chi connectivity index (χ3v) is 8.48. The van der Waals surface area contributed by atoms with Crippen LogP contribution in [-0.4, -0.2) is 41.3 Å². The number of hydrazone groups is 1. The summed E-state index contributed by atoms with van der Waals surface area (Å²) in [6, 6.07) is 32.0. The summed E-state index contributed by atoms with van der Waals surface area (Å²) in [5, 5.41) is 13.6. The molecule has 0 aliphatic carbocycles. The lowest BCUT2D eigenvalue weighted by Crippen LogP contribution is -2.36. The Bertz CT molecular complexity index is 1850. The van der Waals surface area contributed by atoms with Gasteiger partial charge in [0.25, 0.3) is 17.7 Å². The van der Waals surface area contributed by atoms with Gasteiger partial charge < -0.3 is 20.7 Å². The summed E-state index contributed by atoms with van der Waals surface area (Å²) in [4.78, 5) is 53.2. The SMILES string of the molecule is CCOc1ccccc1/C=C(/NC(=O)c1ccccc1)C(=O)Nc1cccc(SC(CC)C(=O)NC2=NN(c3ccccc3)C(=O)C2)c1. The van der Waals surface area contributed by atoms with Crippen molar-refractivity contribution in [3.63, 3.8) is 0 Å².